The van der Waals surface area contributed by atoms with Gasteiger partial charge in [-0.2, -0.15) is 0 Å². The van der Waals surface area contributed by atoms with Crippen LogP contribution in [0.15, 0.2) is 53.3 Å². The molecular formula is C23H25BrN4O3. The van der Waals surface area contributed by atoms with Gasteiger partial charge >= 0.3 is 0 Å². The van der Waals surface area contributed by atoms with Gasteiger partial charge in [-0.15, -0.1) is 0 Å². The minimum absolute atomic E-state index is 0.0154. The van der Waals surface area contributed by atoms with Crippen molar-refractivity contribution in [1.29, 1.82) is 0 Å². The van der Waals surface area contributed by atoms with Crippen LogP contribution in [0.4, 0.5) is 0 Å². The normalized spacial score (nSPS) is 17.5. The first kappa shape index (κ1) is 21.5. The van der Waals surface area contributed by atoms with E-state index in [1.807, 2.05) is 34.1 Å². The topological polar surface area (TPSA) is 73.8 Å². The number of rotatable bonds is 3. The van der Waals surface area contributed by atoms with Gasteiger partial charge in [-0.3, -0.25) is 19.4 Å². The number of hydrogen-bond acceptors (Lipinski definition) is 4. The number of amides is 3. The van der Waals surface area contributed by atoms with Crippen molar-refractivity contribution in [2.24, 2.45) is 5.92 Å². The highest BCUT2D eigenvalue weighted by molar-refractivity contribution is 9.10. The minimum atomic E-state index is -0.0589. The maximum Gasteiger partial charge on any atom is 0.254 e. The van der Waals surface area contributed by atoms with Crippen molar-refractivity contribution in [1.82, 2.24) is 19.7 Å². The standard InChI is InChI=1S/C23H25BrN4O3/c24-20-3-1-17(2-4-20)21(29)26-11-7-19(8-12-26)23(31)28-15-13-27(14-16-28)22(30)18-5-9-25-10-6-18/h1-6,9-10,19H,7-8,11-16H2. The predicted octanol–water partition coefficient (Wildman–Crippen LogP) is 2.68. The number of benzene rings is 1. The van der Waals surface area contributed by atoms with Crippen LogP contribution >= 0.6 is 15.9 Å². The molecule has 1 aromatic carbocycles. The van der Waals surface area contributed by atoms with E-state index in [4.69, 9.17) is 0 Å². The zero-order valence-electron chi connectivity index (χ0n) is 17.2. The summed E-state index contributed by atoms with van der Waals surface area (Å²) in [4.78, 5) is 47.7. The summed E-state index contributed by atoms with van der Waals surface area (Å²) in [5, 5.41) is 0. The van der Waals surface area contributed by atoms with Crippen molar-refractivity contribution in [2.75, 3.05) is 39.3 Å². The third-order valence-corrected chi connectivity index (χ3v) is 6.56. The number of piperidine rings is 1. The van der Waals surface area contributed by atoms with Crippen LogP contribution in [-0.4, -0.2) is 76.7 Å². The molecule has 2 saturated heterocycles. The maximum absolute atomic E-state index is 13.0. The molecule has 2 aromatic rings. The SMILES string of the molecule is O=C(c1ccc(Br)cc1)N1CCC(C(=O)N2CCN(C(=O)c3ccncc3)CC2)CC1. The highest BCUT2D eigenvalue weighted by Gasteiger charge is 2.32. The van der Waals surface area contributed by atoms with Crippen LogP contribution in [0.2, 0.25) is 0 Å². The van der Waals surface area contributed by atoms with Gasteiger partial charge in [0, 0.05) is 73.2 Å². The maximum atomic E-state index is 13.0. The van der Waals surface area contributed by atoms with Crippen LogP contribution in [0, 0.1) is 5.92 Å². The van der Waals surface area contributed by atoms with Gasteiger partial charge in [0.15, 0.2) is 0 Å². The lowest BCUT2D eigenvalue weighted by Crippen LogP contribution is -2.53. The number of halogens is 1. The fourth-order valence-corrected chi connectivity index (χ4v) is 4.43. The molecule has 3 heterocycles. The largest absolute Gasteiger partial charge is 0.339 e. The molecule has 0 bridgehead atoms. The van der Waals surface area contributed by atoms with Crippen LogP contribution in [0.1, 0.15) is 33.6 Å². The fraction of sp³-hybridized carbons (Fsp3) is 0.391. The minimum Gasteiger partial charge on any atom is -0.339 e. The molecule has 2 fully saturated rings. The Morgan fingerprint density at radius 1 is 0.710 bits per heavy atom. The Labute approximate surface area is 190 Å². The number of likely N-dealkylation sites (tertiary alicyclic amines) is 1. The van der Waals surface area contributed by atoms with Crippen molar-refractivity contribution in [3.8, 4) is 0 Å². The number of nitrogens with zero attached hydrogens (tertiary/aromatic N) is 4. The molecular weight excluding hydrogens is 460 g/mol. The molecule has 0 spiro atoms. The zero-order valence-corrected chi connectivity index (χ0v) is 18.8. The fourth-order valence-electron chi connectivity index (χ4n) is 4.17. The third kappa shape index (κ3) is 4.95. The van der Waals surface area contributed by atoms with Gasteiger partial charge in [0.25, 0.3) is 11.8 Å². The molecule has 0 atom stereocenters. The third-order valence-electron chi connectivity index (χ3n) is 6.03. The highest BCUT2D eigenvalue weighted by atomic mass is 79.9. The number of piperazine rings is 1. The molecule has 2 aliphatic rings. The molecule has 162 valence electrons. The van der Waals surface area contributed by atoms with Gasteiger partial charge in [0.2, 0.25) is 5.91 Å². The molecule has 0 N–H and O–H groups in total. The van der Waals surface area contributed by atoms with E-state index in [-0.39, 0.29) is 23.6 Å². The summed E-state index contributed by atoms with van der Waals surface area (Å²) >= 11 is 3.38. The van der Waals surface area contributed by atoms with Crippen molar-refractivity contribution >= 4 is 33.7 Å². The van der Waals surface area contributed by atoms with Crippen molar-refractivity contribution < 1.29 is 14.4 Å². The monoisotopic (exact) mass is 484 g/mol. The first-order valence-electron chi connectivity index (χ1n) is 10.6. The van der Waals surface area contributed by atoms with E-state index in [0.29, 0.717) is 63.2 Å². The van der Waals surface area contributed by atoms with E-state index < -0.39 is 0 Å². The van der Waals surface area contributed by atoms with Gasteiger partial charge in [-0.1, -0.05) is 15.9 Å². The molecule has 1 aromatic heterocycles. The van der Waals surface area contributed by atoms with E-state index in [1.165, 1.54) is 0 Å². The van der Waals surface area contributed by atoms with E-state index in [9.17, 15) is 14.4 Å². The van der Waals surface area contributed by atoms with Gasteiger partial charge < -0.3 is 14.7 Å². The molecule has 2 aliphatic heterocycles. The van der Waals surface area contributed by atoms with Crippen LogP contribution < -0.4 is 0 Å². The van der Waals surface area contributed by atoms with E-state index in [0.717, 1.165) is 4.47 Å². The molecule has 0 radical (unpaired) electrons. The summed E-state index contributed by atoms with van der Waals surface area (Å²) < 4.78 is 0.941. The summed E-state index contributed by atoms with van der Waals surface area (Å²) in [6.45, 7) is 3.35. The zero-order chi connectivity index (χ0) is 21.8. The van der Waals surface area contributed by atoms with E-state index in [2.05, 4.69) is 20.9 Å². The second-order valence-corrected chi connectivity index (χ2v) is 8.84. The number of pyridine rings is 1. The van der Waals surface area contributed by atoms with Gasteiger partial charge in [-0.25, -0.2) is 0 Å². The van der Waals surface area contributed by atoms with Crippen molar-refractivity contribution in [3.05, 3.63) is 64.4 Å². The van der Waals surface area contributed by atoms with Crippen LogP contribution in [0.25, 0.3) is 0 Å². The molecule has 31 heavy (non-hydrogen) atoms. The summed E-state index contributed by atoms with van der Waals surface area (Å²) in [6, 6.07) is 10.8. The van der Waals surface area contributed by atoms with Crippen molar-refractivity contribution in [2.45, 2.75) is 12.8 Å². The Balaban J connectivity index is 1.26. The lowest BCUT2D eigenvalue weighted by molar-refractivity contribution is -0.138. The van der Waals surface area contributed by atoms with E-state index >= 15 is 0 Å². The average molecular weight is 485 g/mol. The molecule has 3 amide bonds. The lowest BCUT2D eigenvalue weighted by Gasteiger charge is -2.38. The predicted molar refractivity (Wildman–Crippen MR) is 119 cm³/mol. The molecule has 4 rings (SSSR count). The molecule has 0 aliphatic carbocycles. The second-order valence-electron chi connectivity index (χ2n) is 7.93. The number of aromatic nitrogens is 1. The highest BCUT2D eigenvalue weighted by Crippen LogP contribution is 2.23. The van der Waals surface area contributed by atoms with Crippen molar-refractivity contribution in [3.63, 3.8) is 0 Å². The van der Waals surface area contributed by atoms with Crippen LogP contribution in [0.3, 0.4) is 0 Å². The Hall–Kier alpha value is -2.74. The van der Waals surface area contributed by atoms with Gasteiger partial charge in [-0.05, 0) is 49.2 Å². The second kappa shape index (κ2) is 9.60. The average Bonchev–Trinajstić information content (AvgIpc) is 2.84. The lowest BCUT2D eigenvalue weighted by atomic mass is 9.94. The summed E-state index contributed by atoms with van der Waals surface area (Å²) in [7, 11) is 0. The molecule has 7 nitrogen and oxygen atoms in total. The summed E-state index contributed by atoms with van der Waals surface area (Å²) in [5.74, 6) is 0.0825. The molecule has 0 saturated carbocycles. The van der Waals surface area contributed by atoms with Gasteiger partial charge in [0.1, 0.15) is 0 Å². The number of hydrogen-bond donors (Lipinski definition) is 0. The molecule has 8 heteroatoms. The summed E-state index contributed by atoms with van der Waals surface area (Å²) in [5.41, 5.74) is 1.29. The summed E-state index contributed by atoms with van der Waals surface area (Å²) in [6.07, 6.45) is 4.58. The van der Waals surface area contributed by atoms with Crippen LogP contribution in [-0.2, 0) is 4.79 Å². The van der Waals surface area contributed by atoms with Crippen LogP contribution in [0.5, 0.6) is 0 Å². The Kier molecular flexibility index (Phi) is 6.65. The number of carbonyl (C=O) groups is 3. The Morgan fingerprint density at radius 3 is 1.77 bits per heavy atom. The van der Waals surface area contributed by atoms with E-state index in [1.54, 1.807) is 29.4 Å². The quantitative estimate of drug-likeness (QED) is 0.671. The smallest absolute Gasteiger partial charge is 0.254 e. The van der Waals surface area contributed by atoms with Gasteiger partial charge in [0.05, 0.1) is 0 Å². The first-order valence-corrected chi connectivity index (χ1v) is 11.3. The molecule has 0 unspecified atom stereocenters. The Morgan fingerprint density at radius 2 is 1.19 bits per heavy atom. The first-order chi connectivity index (χ1) is 15.0. The number of carbonyl (C=O) groups excluding carboxylic acids is 3. The Bertz CT molecular complexity index is 935.